The molecule has 1 N–H and O–H groups in total. The Bertz CT molecular complexity index is 364. The molecule has 0 aromatic heterocycles. The smallest absolute Gasteiger partial charge is 0.122 e. The summed E-state index contributed by atoms with van der Waals surface area (Å²) in [5, 5.41) is 10.0. The van der Waals surface area contributed by atoms with Gasteiger partial charge in [-0.05, 0) is 37.3 Å². The van der Waals surface area contributed by atoms with E-state index < -0.39 is 6.10 Å². The van der Waals surface area contributed by atoms with E-state index >= 15 is 0 Å². The molecule has 0 aliphatic carbocycles. The Morgan fingerprint density at radius 1 is 1.47 bits per heavy atom. The second-order valence-corrected chi connectivity index (χ2v) is 4.62. The van der Waals surface area contributed by atoms with Crippen molar-refractivity contribution in [1.29, 1.82) is 0 Å². The third kappa shape index (κ3) is 2.79. The molecule has 94 valence electrons. The SMILES string of the molecule is COC(C)C(O)CC1CCOc2ccccc21. The van der Waals surface area contributed by atoms with Gasteiger partial charge in [-0.1, -0.05) is 18.2 Å². The third-order valence-electron chi connectivity index (χ3n) is 3.52. The standard InChI is InChI=1S/C14H20O3/c1-10(16-2)13(15)9-11-7-8-17-14-6-4-3-5-12(11)14/h3-6,10-11,13,15H,7-9H2,1-2H3. The molecule has 0 fully saturated rings. The van der Waals surface area contributed by atoms with E-state index in [2.05, 4.69) is 6.07 Å². The predicted molar refractivity (Wildman–Crippen MR) is 66.4 cm³/mol. The maximum atomic E-state index is 10.0. The van der Waals surface area contributed by atoms with Gasteiger partial charge in [0, 0.05) is 7.11 Å². The van der Waals surface area contributed by atoms with Gasteiger partial charge in [0.05, 0.1) is 18.8 Å². The lowest BCUT2D eigenvalue weighted by Crippen LogP contribution is -2.28. The molecular formula is C14H20O3. The minimum atomic E-state index is -0.420. The van der Waals surface area contributed by atoms with Crippen LogP contribution in [0.4, 0.5) is 0 Å². The minimum absolute atomic E-state index is 0.120. The number of methoxy groups -OCH3 is 1. The van der Waals surface area contributed by atoms with Crippen molar-refractivity contribution in [2.45, 2.75) is 37.9 Å². The van der Waals surface area contributed by atoms with Gasteiger partial charge in [0.25, 0.3) is 0 Å². The molecule has 0 saturated carbocycles. The van der Waals surface area contributed by atoms with Crippen molar-refractivity contribution < 1.29 is 14.6 Å². The highest BCUT2D eigenvalue weighted by atomic mass is 16.5. The van der Waals surface area contributed by atoms with Crippen LogP contribution in [0.5, 0.6) is 5.75 Å². The van der Waals surface area contributed by atoms with Gasteiger partial charge in [0.15, 0.2) is 0 Å². The van der Waals surface area contributed by atoms with E-state index in [0.29, 0.717) is 5.92 Å². The van der Waals surface area contributed by atoms with E-state index in [0.717, 1.165) is 25.2 Å². The number of rotatable bonds is 4. The third-order valence-corrected chi connectivity index (χ3v) is 3.52. The first-order valence-corrected chi connectivity index (χ1v) is 6.15. The van der Waals surface area contributed by atoms with Crippen LogP contribution in [-0.4, -0.2) is 31.0 Å². The van der Waals surface area contributed by atoms with Gasteiger partial charge in [-0.15, -0.1) is 0 Å². The molecule has 0 radical (unpaired) electrons. The Kier molecular flexibility index (Phi) is 4.02. The van der Waals surface area contributed by atoms with Crippen LogP contribution in [0, 0.1) is 0 Å². The molecule has 3 nitrogen and oxygen atoms in total. The van der Waals surface area contributed by atoms with Gasteiger partial charge >= 0.3 is 0 Å². The van der Waals surface area contributed by atoms with Gasteiger partial charge in [-0.2, -0.15) is 0 Å². The fourth-order valence-corrected chi connectivity index (χ4v) is 2.30. The van der Waals surface area contributed by atoms with E-state index in [1.54, 1.807) is 7.11 Å². The summed E-state index contributed by atoms with van der Waals surface area (Å²) in [7, 11) is 1.63. The highest BCUT2D eigenvalue weighted by molar-refractivity contribution is 5.37. The van der Waals surface area contributed by atoms with Crippen LogP contribution in [0.25, 0.3) is 0 Å². The number of aliphatic hydroxyl groups is 1. The topological polar surface area (TPSA) is 38.7 Å². The fourth-order valence-electron chi connectivity index (χ4n) is 2.30. The second kappa shape index (κ2) is 5.52. The van der Waals surface area contributed by atoms with E-state index in [-0.39, 0.29) is 6.10 Å². The number of fused-ring (bicyclic) bond motifs is 1. The maximum Gasteiger partial charge on any atom is 0.122 e. The van der Waals surface area contributed by atoms with Crippen molar-refractivity contribution in [3.05, 3.63) is 29.8 Å². The van der Waals surface area contributed by atoms with Crippen LogP contribution in [0.15, 0.2) is 24.3 Å². The fraction of sp³-hybridized carbons (Fsp3) is 0.571. The molecular weight excluding hydrogens is 216 g/mol. The molecule has 1 heterocycles. The Morgan fingerprint density at radius 2 is 2.24 bits per heavy atom. The molecule has 1 aliphatic heterocycles. The molecule has 1 aromatic rings. The van der Waals surface area contributed by atoms with Gasteiger partial charge < -0.3 is 14.6 Å². The van der Waals surface area contributed by atoms with Crippen LogP contribution in [-0.2, 0) is 4.74 Å². The number of hydrogen-bond acceptors (Lipinski definition) is 3. The van der Waals surface area contributed by atoms with E-state index in [9.17, 15) is 5.11 Å². The van der Waals surface area contributed by atoms with Crippen molar-refractivity contribution in [1.82, 2.24) is 0 Å². The monoisotopic (exact) mass is 236 g/mol. The Labute approximate surface area is 102 Å². The number of hydrogen-bond donors (Lipinski definition) is 1. The van der Waals surface area contributed by atoms with Crippen LogP contribution in [0.3, 0.4) is 0 Å². The van der Waals surface area contributed by atoms with Gasteiger partial charge in [0.1, 0.15) is 5.75 Å². The maximum absolute atomic E-state index is 10.0. The molecule has 0 bridgehead atoms. The summed E-state index contributed by atoms with van der Waals surface area (Å²) < 4.78 is 10.8. The Hall–Kier alpha value is -1.06. The average Bonchev–Trinajstić information content (AvgIpc) is 2.38. The Balaban J connectivity index is 2.08. The van der Waals surface area contributed by atoms with Crippen LogP contribution in [0.2, 0.25) is 0 Å². The lowest BCUT2D eigenvalue weighted by molar-refractivity contribution is -0.00930. The van der Waals surface area contributed by atoms with Crippen molar-refractivity contribution in [2.75, 3.05) is 13.7 Å². The van der Waals surface area contributed by atoms with Crippen molar-refractivity contribution in [3.63, 3.8) is 0 Å². The van der Waals surface area contributed by atoms with Crippen molar-refractivity contribution in [2.24, 2.45) is 0 Å². The lowest BCUT2D eigenvalue weighted by atomic mass is 9.87. The van der Waals surface area contributed by atoms with Crippen LogP contribution in [0.1, 0.15) is 31.2 Å². The molecule has 0 amide bonds. The van der Waals surface area contributed by atoms with Crippen molar-refractivity contribution >= 4 is 0 Å². The number of aliphatic hydroxyl groups excluding tert-OH is 1. The summed E-state index contributed by atoms with van der Waals surface area (Å²) in [5.74, 6) is 1.33. The molecule has 1 aliphatic rings. The number of ether oxygens (including phenoxy) is 2. The molecule has 1 aromatic carbocycles. The van der Waals surface area contributed by atoms with E-state index in [1.165, 1.54) is 5.56 Å². The number of benzene rings is 1. The molecule has 17 heavy (non-hydrogen) atoms. The summed E-state index contributed by atoms with van der Waals surface area (Å²) in [6.45, 7) is 2.63. The predicted octanol–water partition coefficient (Wildman–Crippen LogP) is 2.34. The summed E-state index contributed by atoms with van der Waals surface area (Å²) in [4.78, 5) is 0. The summed E-state index contributed by atoms with van der Waals surface area (Å²) in [6.07, 6.45) is 1.15. The molecule has 0 saturated heterocycles. The summed E-state index contributed by atoms with van der Waals surface area (Å²) in [5.41, 5.74) is 1.21. The number of para-hydroxylation sites is 1. The normalized spacial score (nSPS) is 22.4. The summed E-state index contributed by atoms with van der Waals surface area (Å²) >= 11 is 0. The van der Waals surface area contributed by atoms with Crippen molar-refractivity contribution in [3.8, 4) is 5.75 Å². The minimum Gasteiger partial charge on any atom is -0.493 e. The first-order valence-electron chi connectivity index (χ1n) is 6.15. The van der Waals surface area contributed by atoms with Crippen LogP contribution < -0.4 is 4.74 Å². The molecule has 3 unspecified atom stereocenters. The highest BCUT2D eigenvalue weighted by Crippen LogP contribution is 2.36. The van der Waals surface area contributed by atoms with E-state index in [4.69, 9.17) is 9.47 Å². The highest BCUT2D eigenvalue weighted by Gasteiger charge is 2.25. The van der Waals surface area contributed by atoms with E-state index in [1.807, 2.05) is 25.1 Å². The molecule has 3 atom stereocenters. The average molecular weight is 236 g/mol. The zero-order chi connectivity index (χ0) is 12.3. The van der Waals surface area contributed by atoms with Gasteiger partial charge in [-0.3, -0.25) is 0 Å². The quantitative estimate of drug-likeness (QED) is 0.872. The second-order valence-electron chi connectivity index (χ2n) is 4.62. The largest absolute Gasteiger partial charge is 0.493 e. The first kappa shape index (κ1) is 12.4. The zero-order valence-corrected chi connectivity index (χ0v) is 10.4. The summed E-state index contributed by atoms with van der Waals surface area (Å²) in [6, 6.07) is 8.08. The Morgan fingerprint density at radius 3 is 3.00 bits per heavy atom. The molecule has 2 rings (SSSR count). The molecule has 3 heteroatoms. The lowest BCUT2D eigenvalue weighted by Gasteiger charge is -2.28. The van der Waals surface area contributed by atoms with Gasteiger partial charge in [-0.25, -0.2) is 0 Å². The van der Waals surface area contributed by atoms with Gasteiger partial charge in [0.2, 0.25) is 0 Å². The first-order chi connectivity index (χ1) is 8.22. The zero-order valence-electron chi connectivity index (χ0n) is 10.4. The van der Waals surface area contributed by atoms with Crippen LogP contribution >= 0.6 is 0 Å². The molecule has 0 spiro atoms.